The predicted octanol–water partition coefficient (Wildman–Crippen LogP) is 5.60. The van der Waals surface area contributed by atoms with Crippen LogP contribution >= 0.6 is 34.8 Å². The minimum absolute atomic E-state index is 0.00350. The molecule has 0 aliphatic rings. The molecule has 10 nitrogen and oxygen atoms in total. The topological polar surface area (TPSA) is 151 Å². The van der Waals surface area contributed by atoms with Crippen LogP contribution in [0.3, 0.4) is 0 Å². The highest BCUT2D eigenvalue weighted by Crippen LogP contribution is 2.26. The predicted molar refractivity (Wildman–Crippen MR) is 171 cm³/mol. The summed E-state index contributed by atoms with van der Waals surface area (Å²) in [6.45, 7) is -0.0829. The van der Waals surface area contributed by atoms with Crippen molar-refractivity contribution in [2.24, 2.45) is 0 Å². The molecule has 0 aromatic heterocycles. The van der Waals surface area contributed by atoms with E-state index in [1.165, 1.54) is 31.4 Å². The first kappa shape index (κ1) is 33.8. The van der Waals surface area contributed by atoms with E-state index in [1.54, 1.807) is 54.6 Å². The monoisotopic (exact) mass is 689 g/mol. The van der Waals surface area contributed by atoms with Gasteiger partial charge in [-0.2, -0.15) is 0 Å². The molecule has 0 saturated heterocycles. The van der Waals surface area contributed by atoms with Gasteiger partial charge in [0, 0.05) is 18.7 Å². The number of hydrogen-bond acceptors (Lipinski definition) is 7. The van der Waals surface area contributed by atoms with Crippen molar-refractivity contribution in [3.8, 4) is 5.75 Å². The molecule has 0 aliphatic carbocycles. The number of esters is 1. The molecule has 4 N–H and O–H groups in total. The number of carbonyl (C=O) groups is 3. The molecule has 0 saturated carbocycles. The van der Waals surface area contributed by atoms with Gasteiger partial charge in [-0.3, -0.25) is 9.59 Å². The molecule has 0 heterocycles. The molecule has 1 unspecified atom stereocenters. The van der Waals surface area contributed by atoms with Gasteiger partial charge < -0.3 is 20.5 Å². The average Bonchev–Trinajstić information content (AvgIpc) is 3.00. The highest BCUT2D eigenvalue weighted by Gasteiger charge is 2.25. The number of aromatic hydroxyl groups is 1. The van der Waals surface area contributed by atoms with Crippen molar-refractivity contribution >= 4 is 68.3 Å². The second kappa shape index (κ2) is 14.8. The molecule has 0 aliphatic heterocycles. The van der Waals surface area contributed by atoms with Gasteiger partial charge in [-0.1, -0.05) is 65.1 Å². The number of amides is 2. The zero-order chi connectivity index (χ0) is 32.7. The Labute approximate surface area is 274 Å². The number of phenols is 1. The Kier molecular flexibility index (Phi) is 11.1. The number of rotatable bonds is 11. The van der Waals surface area contributed by atoms with Crippen LogP contribution in [0.1, 0.15) is 31.8 Å². The second-order valence-corrected chi connectivity index (χ2v) is 12.6. The lowest BCUT2D eigenvalue weighted by Crippen LogP contribution is -2.43. The normalized spacial score (nSPS) is 11.8. The van der Waals surface area contributed by atoms with Crippen LogP contribution in [0.25, 0.3) is 0 Å². The largest absolute Gasteiger partial charge is 0.508 e. The molecule has 234 valence electrons. The smallest absolute Gasteiger partial charge is 0.328 e. The van der Waals surface area contributed by atoms with Gasteiger partial charge in [-0.15, -0.1) is 0 Å². The van der Waals surface area contributed by atoms with E-state index in [-0.39, 0.29) is 49.8 Å². The number of benzene rings is 4. The lowest BCUT2D eigenvalue weighted by Gasteiger charge is -2.18. The minimum atomic E-state index is -4.01. The molecule has 0 radical (unpaired) electrons. The molecular formula is C31H26Cl3N3O7S. The molecule has 4 aromatic rings. The lowest BCUT2D eigenvalue weighted by atomic mass is 10.0. The average molecular weight is 691 g/mol. The fraction of sp³-hybridized carbons (Fsp3) is 0.129. The van der Waals surface area contributed by atoms with Gasteiger partial charge >= 0.3 is 5.97 Å². The number of sulfonamides is 1. The number of halogens is 3. The zero-order valence-corrected chi connectivity index (χ0v) is 26.6. The Bertz CT molecular complexity index is 1830. The van der Waals surface area contributed by atoms with Crippen LogP contribution in [0.4, 0.5) is 5.69 Å². The summed E-state index contributed by atoms with van der Waals surface area (Å²) in [4.78, 5) is 38.1. The van der Waals surface area contributed by atoms with Crippen molar-refractivity contribution in [2.45, 2.75) is 23.9 Å². The first-order valence-corrected chi connectivity index (χ1v) is 15.8. The van der Waals surface area contributed by atoms with Crippen LogP contribution in [0.15, 0.2) is 89.8 Å². The number of anilines is 1. The number of hydrogen-bond donors (Lipinski definition) is 4. The number of ether oxygens (including phenoxy) is 1. The van der Waals surface area contributed by atoms with Crippen molar-refractivity contribution in [1.29, 1.82) is 0 Å². The molecule has 4 rings (SSSR count). The first-order valence-electron chi connectivity index (χ1n) is 13.2. The van der Waals surface area contributed by atoms with Gasteiger partial charge in [0.15, 0.2) is 0 Å². The summed E-state index contributed by atoms with van der Waals surface area (Å²) in [5.41, 5.74) is 1.68. The Hall–Kier alpha value is -4.13. The number of carbonyl (C=O) groups excluding carboxylic acids is 3. The first-order chi connectivity index (χ1) is 21.4. The van der Waals surface area contributed by atoms with Gasteiger partial charge in [-0.25, -0.2) is 17.9 Å². The van der Waals surface area contributed by atoms with Gasteiger partial charge in [0.2, 0.25) is 10.0 Å². The fourth-order valence-electron chi connectivity index (χ4n) is 4.21. The van der Waals surface area contributed by atoms with Crippen molar-refractivity contribution in [2.75, 3.05) is 12.4 Å². The fourth-order valence-corrected chi connectivity index (χ4v) is 6.16. The van der Waals surface area contributed by atoms with Crippen molar-refractivity contribution in [3.63, 3.8) is 0 Å². The summed E-state index contributed by atoms with van der Waals surface area (Å²) >= 11 is 18.5. The third-order valence-electron chi connectivity index (χ3n) is 6.50. The Balaban J connectivity index is 1.42. The van der Waals surface area contributed by atoms with E-state index in [0.29, 0.717) is 16.8 Å². The van der Waals surface area contributed by atoms with E-state index in [4.69, 9.17) is 39.5 Å². The van der Waals surface area contributed by atoms with Crippen LogP contribution in [0, 0.1) is 0 Å². The SMILES string of the molecule is COC(=O)C(Cc1ccc(NC(=O)c2c(Cl)cccc2Cl)cc1)NC(=O)c1ccc(S(=O)(=O)NCc2cccc(O)c2)cc1Cl. The number of methoxy groups -OCH3 is 1. The maximum atomic E-state index is 13.1. The third-order valence-corrected chi connectivity index (χ3v) is 8.85. The Morgan fingerprint density at radius 1 is 0.822 bits per heavy atom. The van der Waals surface area contributed by atoms with Crippen molar-refractivity contribution in [1.82, 2.24) is 10.0 Å². The highest BCUT2D eigenvalue weighted by atomic mass is 35.5. The van der Waals surface area contributed by atoms with Crippen molar-refractivity contribution in [3.05, 3.63) is 122 Å². The lowest BCUT2D eigenvalue weighted by molar-refractivity contribution is -0.142. The summed E-state index contributed by atoms with van der Waals surface area (Å²) in [6, 6.07) is 19.8. The molecule has 45 heavy (non-hydrogen) atoms. The van der Waals surface area contributed by atoms with Crippen LogP contribution in [-0.2, 0) is 32.5 Å². The van der Waals surface area contributed by atoms with E-state index in [2.05, 4.69) is 15.4 Å². The van der Waals surface area contributed by atoms with Crippen molar-refractivity contribution < 1.29 is 32.6 Å². The van der Waals surface area contributed by atoms with Crippen LogP contribution in [0.2, 0.25) is 15.1 Å². The maximum Gasteiger partial charge on any atom is 0.328 e. The van der Waals surface area contributed by atoms with Gasteiger partial charge in [0.25, 0.3) is 11.8 Å². The zero-order valence-electron chi connectivity index (χ0n) is 23.5. The molecule has 0 bridgehead atoms. The van der Waals surface area contributed by atoms with Gasteiger partial charge in [0.05, 0.1) is 38.2 Å². The molecular weight excluding hydrogens is 665 g/mol. The summed E-state index contributed by atoms with van der Waals surface area (Å²) in [6.07, 6.45) is 0.0338. The standard InChI is InChI=1S/C31H26Cl3N3O7S/c1-44-31(41)27(15-18-8-10-20(11-9-18)36-30(40)28-24(32)6-3-7-25(28)33)37-29(39)23-13-12-22(16-26(23)34)45(42,43)35-17-19-4-2-5-21(38)14-19/h2-14,16,27,35,38H,15,17H2,1H3,(H,36,40)(H,37,39). The maximum absolute atomic E-state index is 13.1. The molecule has 14 heteroatoms. The minimum Gasteiger partial charge on any atom is -0.508 e. The van der Waals surface area contributed by atoms with Crippen LogP contribution in [-0.4, -0.2) is 44.5 Å². The Morgan fingerprint density at radius 2 is 1.49 bits per heavy atom. The molecule has 4 aromatic carbocycles. The van der Waals surface area contributed by atoms with E-state index in [1.807, 2.05) is 0 Å². The number of phenolic OH excluding ortho intramolecular Hbond substituents is 1. The molecule has 1 atom stereocenters. The van der Waals surface area contributed by atoms with Gasteiger partial charge in [-0.05, 0) is 65.7 Å². The molecule has 0 fully saturated rings. The summed E-state index contributed by atoms with van der Waals surface area (Å²) in [5.74, 6) is -1.95. The van der Waals surface area contributed by atoms with E-state index < -0.39 is 33.8 Å². The van der Waals surface area contributed by atoms with E-state index in [9.17, 15) is 27.9 Å². The Morgan fingerprint density at radius 3 is 2.11 bits per heavy atom. The summed E-state index contributed by atoms with van der Waals surface area (Å²) in [5, 5.41) is 15.1. The van der Waals surface area contributed by atoms with Crippen LogP contribution < -0.4 is 15.4 Å². The summed E-state index contributed by atoms with van der Waals surface area (Å²) < 4.78 is 32.9. The highest BCUT2D eigenvalue weighted by molar-refractivity contribution is 7.89. The molecule has 2 amide bonds. The van der Waals surface area contributed by atoms with Gasteiger partial charge in [0.1, 0.15) is 11.8 Å². The third kappa shape index (κ3) is 8.74. The molecule has 0 spiro atoms. The van der Waals surface area contributed by atoms with Crippen LogP contribution in [0.5, 0.6) is 5.75 Å². The van der Waals surface area contributed by atoms with E-state index >= 15 is 0 Å². The summed E-state index contributed by atoms with van der Waals surface area (Å²) in [7, 11) is -2.83. The quantitative estimate of drug-likeness (QED) is 0.150. The second-order valence-electron chi connectivity index (χ2n) is 9.64. The van der Waals surface area contributed by atoms with E-state index in [0.717, 1.165) is 6.07 Å². The number of nitrogens with one attached hydrogen (secondary N) is 3.